The van der Waals surface area contributed by atoms with Crippen molar-refractivity contribution < 1.29 is 24.4 Å². The molecule has 1 heterocycles. The molecule has 5 heteroatoms. The third-order valence-electron chi connectivity index (χ3n) is 3.48. The summed E-state index contributed by atoms with van der Waals surface area (Å²) in [5.74, 6) is 0. The predicted molar refractivity (Wildman–Crippen MR) is 82.2 cm³/mol. The first kappa shape index (κ1) is 16.9. The molecule has 2 N–H and O–H groups in total. The number of hydrogen-bond donors (Lipinski definition) is 2. The summed E-state index contributed by atoms with van der Waals surface area (Å²) in [5.41, 5.74) is 0.852. The Bertz CT molecular complexity index is 475. The van der Waals surface area contributed by atoms with Gasteiger partial charge in [-0.25, -0.2) is 0 Å². The van der Waals surface area contributed by atoms with E-state index in [4.69, 9.17) is 14.2 Å². The van der Waals surface area contributed by atoms with Crippen LogP contribution in [0.2, 0.25) is 0 Å². The summed E-state index contributed by atoms with van der Waals surface area (Å²) < 4.78 is 16.6. The maximum atomic E-state index is 10.4. The van der Waals surface area contributed by atoms with E-state index in [1.807, 2.05) is 30.3 Å². The molecule has 0 aliphatic carbocycles. The van der Waals surface area contributed by atoms with Gasteiger partial charge in [0.1, 0.15) is 24.4 Å². The predicted octanol–water partition coefficient (Wildman–Crippen LogP) is 1.58. The fourth-order valence-corrected chi connectivity index (χ4v) is 2.48. The highest BCUT2D eigenvalue weighted by molar-refractivity contribution is 5.20. The lowest BCUT2D eigenvalue weighted by Crippen LogP contribution is -2.38. The highest BCUT2D eigenvalue weighted by Gasteiger charge is 2.47. The highest BCUT2D eigenvalue weighted by atomic mass is 16.7. The van der Waals surface area contributed by atoms with E-state index in [9.17, 15) is 10.2 Å². The van der Waals surface area contributed by atoms with E-state index in [1.165, 1.54) is 0 Å². The fourth-order valence-electron chi connectivity index (χ4n) is 2.48. The number of aliphatic hydroxyl groups is 2. The zero-order valence-electron chi connectivity index (χ0n) is 12.4. The van der Waals surface area contributed by atoms with Crippen molar-refractivity contribution in [1.82, 2.24) is 0 Å². The van der Waals surface area contributed by atoms with Crippen LogP contribution in [0.15, 0.2) is 55.6 Å². The van der Waals surface area contributed by atoms with Gasteiger partial charge in [-0.15, -0.1) is 13.2 Å². The van der Waals surface area contributed by atoms with Crippen molar-refractivity contribution in [3.8, 4) is 0 Å². The second kappa shape index (κ2) is 8.22. The summed E-state index contributed by atoms with van der Waals surface area (Å²) in [7, 11) is 0. The molecule has 1 aliphatic rings. The molecule has 1 aliphatic heterocycles. The van der Waals surface area contributed by atoms with Crippen molar-refractivity contribution in [2.45, 2.75) is 30.7 Å². The van der Waals surface area contributed by atoms with E-state index >= 15 is 0 Å². The van der Waals surface area contributed by atoms with Crippen LogP contribution in [-0.4, -0.2) is 48.0 Å². The molecule has 0 bridgehead atoms. The minimum absolute atomic E-state index is 0.221. The first-order valence-electron chi connectivity index (χ1n) is 7.20. The van der Waals surface area contributed by atoms with E-state index in [-0.39, 0.29) is 6.61 Å². The molecule has 2 rings (SSSR count). The molecule has 0 amide bonds. The lowest BCUT2D eigenvalue weighted by molar-refractivity contribution is -0.159. The first-order valence-corrected chi connectivity index (χ1v) is 7.20. The van der Waals surface area contributed by atoms with E-state index in [0.717, 1.165) is 5.56 Å². The van der Waals surface area contributed by atoms with Crippen LogP contribution in [0.3, 0.4) is 0 Å². The summed E-state index contributed by atoms with van der Waals surface area (Å²) in [6.45, 7) is 7.70. The summed E-state index contributed by atoms with van der Waals surface area (Å²) in [6.07, 6.45) is -1.13. The molecular formula is C17H22O5. The van der Waals surface area contributed by atoms with Crippen LogP contribution < -0.4 is 0 Å². The molecule has 1 aromatic carbocycles. The largest absolute Gasteiger partial charge is 0.387 e. The van der Waals surface area contributed by atoms with Crippen LogP contribution in [0, 0.1) is 0 Å². The molecule has 1 saturated heterocycles. The van der Waals surface area contributed by atoms with Crippen molar-refractivity contribution >= 4 is 0 Å². The molecule has 120 valence electrons. The van der Waals surface area contributed by atoms with Gasteiger partial charge in [-0.05, 0) is 5.56 Å². The zero-order valence-corrected chi connectivity index (χ0v) is 12.4. The molecular weight excluding hydrogens is 284 g/mol. The smallest absolute Gasteiger partial charge is 0.184 e. The van der Waals surface area contributed by atoms with Crippen molar-refractivity contribution in [2.75, 3.05) is 13.2 Å². The van der Waals surface area contributed by atoms with Gasteiger partial charge in [0.05, 0.1) is 13.2 Å². The van der Waals surface area contributed by atoms with Crippen LogP contribution in [0.25, 0.3) is 0 Å². The van der Waals surface area contributed by atoms with Gasteiger partial charge >= 0.3 is 0 Å². The Hall–Kier alpha value is -1.50. The Morgan fingerprint density at radius 2 is 1.82 bits per heavy atom. The first-order chi connectivity index (χ1) is 10.7. The van der Waals surface area contributed by atoms with Gasteiger partial charge in [-0.3, -0.25) is 0 Å². The Morgan fingerprint density at radius 1 is 1.14 bits per heavy atom. The molecule has 0 saturated carbocycles. The molecule has 0 aromatic heterocycles. The van der Waals surface area contributed by atoms with Crippen LogP contribution in [0.1, 0.15) is 11.7 Å². The average Bonchev–Trinajstić information content (AvgIpc) is 2.81. The van der Waals surface area contributed by atoms with Crippen molar-refractivity contribution in [3.63, 3.8) is 0 Å². The monoisotopic (exact) mass is 306 g/mol. The van der Waals surface area contributed by atoms with E-state index < -0.39 is 30.7 Å². The number of benzene rings is 1. The van der Waals surface area contributed by atoms with E-state index in [2.05, 4.69) is 13.2 Å². The second-order valence-corrected chi connectivity index (χ2v) is 5.02. The third kappa shape index (κ3) is 3.82. The van der Waals surface area contributed by atoms with Crippen molar-refractivity contribution in [1.29, 1.82) is 0 Å². The van der Waals surface area contributed by atoms with Gasteiger partial charge in [-0.1, -0.05) is 42.5 Å². The Kier molecular flexibility index (Phi) is 6.30. The third-order valence-corrected chi connectivity index (χ3v) is 3.48. The molecule has 22 heavy (non-hydrogen) atoms. The van der Waals surface area contributed by atoms with Gasteiger partial charge in [0.15, 0.2) is 6.29 Å². The van der Waals surface area contributed by atoms with E-state index in [0.29, 0.717) is 6.61 Å². The molecule has 1 aromatic rings. The van der Waals surface area contributed by atoms with Crippen LogP contribution >= 0.6 is 0 Å². The quantitative estimate of drug-likeness (QED) is 0.714. The minimum atomic E-state index is -1.21. The number of aliphatic hydroxyl groups excluding tert-OH is 2. The van der Waals surface area contributed by atoms with Gasteiger partial charge in [0.25, 0.3) is 0 Å². The Balaban J connectivity index is 2.17. The molecule has 0 radical (unpaired) electrons. The van der Waals surface area contributed by atoms with Crippen LogP contribution in [-0.2, 0) is 14.2 Å². The second-order valence-electron chi connectivity index (χ2n) is 5.02. The van der Waals surface area contributed by atoms with Gasteiger partial charge < -0.3 is 24.4 Å². The van der Waals surface area contributed by atoms with Gasteiger partial charge in [-0.2, -0.15) is 0 Å². The zero-order chi connectivity index (χ0) is 15.9. The molecule has 5 atom stereocenters. The normalized spacial score (nSPS) is 29.2. The summed E-state index contributed by atoms with van der Waals surface area (Å²) in [5, 5.41) is 20.4. The minimum Gasteiger partial charge on any atom is -0.387 e. The van der Waals surface area contributed by atoms with Crippen molar-refractivity contribution in [3.05, 3.63) is 61.2 Å². The average molecular weight is 306 g/mol. The Morgan fingerprint density at radius 3 is 2.45 bits per heavy atom. The molecule has 5 nitrogen and oxygen atoms in total. The standard InChI is InChI=1S/C17H22O5/c1-3-10-20-14(12-8-6-5-7-9-12)15-13(18)16(17(19)22-15)21-11-4-2/h3-9,13-19H,1-2,10-11H2/t13-,14-,15+,16+,17?/m1/s1. The van der Waals surface area contributed by atoms with E-state index in [1.54, 1.807) is 12.2 Å². The van der Waals surface area contributed by atoms with Gasteiger partial charge in [0.2, 0.25) is 0 Å². The molecule has 1 fully saturated rings. The topological polar surface area (TPSA) is 68.2 Å². The molecule has 1 unspecified atom stereocenters. The maximum Gasteiger partial charge on any atom is 0.184 e. The number of rotatable bonds is 8. The lowest BCUT2D eigenvalue weighted by Gasteiger charge is -2.26. The van der Waals surface area contributed by atoms with Crippen molar-refractivity contribution in [2.24, 2.45) is 0 Å². The summed E-state index contributed by atoms with van der Waals surface area (Å²) in [6, 6.07) is 9.42. The SMILES string of the molecule is C=CCO[C@H](c1ccccc1)[C@H]1OC(O)[C@@H](OCC=C)[C@@H]1O. The van der Waals surface area contributed by atoms with Gasteiger partial charge in [0, 0.05) is 0 Å². The lowest BCUT2D eigenvalue weighted by atomic mass is 9.99. The fraction of sp³-hybridized carbons (Fsp3) is 0.412. The number of hydrogen-bond acceptors (Lipinski definition) is 5. The molecule has 0 spiro atoms. The van der Waals surface area contributed by atoms with Crippen LogP contribution in [0.4, 0.5) is 0 Å². The highest BCUT2D eigenvalue weighted by Crippen LogP contribution is 2.34. The van der Waals surface area contributed by atoms with Crippen LogP contribution in [0.5, 0.6) is 0 Å². The number of ether oxygens (including phenoxy) is 3. The maximum absolute atomic E-state index is 10.4. The Labute approximate surface area is 130 Å². The summed E-state index contributed by atoms with van der Waals surface area (Å²) >= 11 is 0. The summed E-state index contributed by atoms with van der Waals surface area (Å²) in [4.78, 5) is 0.